The minimum Gasteiger partial charge on any atom is -0.397 e. The Morgan fingerprint density at radius 2 is 1.85 bits per heavy atom. The normalized spacial score (nSPS) is 10.4. The number of hydrogen-bond donors (Lipinski definition) is 2. The summed E-state index contributed by atoms with van der Waals surface area (Å²) >= 11 is 1.23. The van der Waals surface area contributed by atoms with Crippen LogP contribution in [0.15, 0.2) is 0 Å². The zero-order valence-electron chi connectivity index (χ0n) is 12.4. The van der Waals surface area contributed by atoms with Crippen molar-refractivity contribution in [3.05, 3.63) is 10.4 Å². The maximum Gasteiger partial charge on any atom is 0.265 e. The number of hydrogen-bond acceptors (Lipinski definition) is 5. The summed E-state index contributed by atoms with van der Waals surface area (Å²) in [6, 6.07) is 0. The zero-order valence-corrected chi connectivity index (χ0v) is 13.2. The fraction of sp³-hybridized carbons (Fsp3) is 0.538. The van der Waals surface area contributed by atoms with Gasteiger partial charge in [0.05, 0.1) is 11.3 Å². The third kappa shape index (κ3) is 3.04. The summed E-state index contributed by atoms with van der Waals surface area (Å²) < 4.78 is 0. The molecule has 1 rings (SSSR count). The molecule has 2 amide bonds. The van der Waals surface area contributed by atoms with Crippen LogP contribution in [0.3, 0.4) is 0 Å². The number of anilines is 2. The topological polar surface area (TPSA) is 92.7 Å². The van der Waals surface area contributed by atoms with Gasteiger partial charge in [0.25, 0.3) is 11.8 Å². The van der Waals surface area contributed by atoms with Gasteiger partial charge in [-0.3, -0.25) is 9.59 Å². The average Bonchev–Trinajstić information content (AvgIpc) is 2.72. The molecule has 0 atom stereocenters. The van der Waals surface area contributed by atoms with Crippen LogP contribution in [-0.4, -0.2) is 43.9 Å². The predicted octanol–water partition coefficient (Wildman–Crippen LogP) is 1.37. The van der Waals surface area contributed by atoms with Crippen molar-refractivity contribution in [3.63, 3.8) is 0 Å². The van der Waals surface area contributed by atoms with Gasteiger partial charge in [0.1, 0.15) is 9.88 Å². The lowest BCUT2D eigenvalue weighted by Crippen LogP contribution is -2.25. The number of nitrogens with two attached hydrogens (primary N) is 2. The third-order valence-electron chi connectivity index (χ3n) is 2.94. The monoisotopic (exact) mass is 298 g/mol. The van der Waals surface area contributed by atoms with Crippen molar-refractivity contribution in [3.8, 4) is 0 Å². The van der Waals surface area contributed by atoms with Gasteiger partial charge in [-0.05, 0) is 13.3 Å². The first kappa shape index (κ1) is 16.3. The minimum atomic E-state index is -0.596. The highest BCUT2D eigenvalue weighted by molar-refractivity contribution is 7.19. The van der Waals surface area contributed by atoms with E-state index in [2.05, 4.69) is 6.92 Å². The van der Waals surface area contributed by atoms with E-state index in [9.17, 15) is 9.59 Å². The van der Waals surface area contributed by atoms with Crippen molar-refractivity contribution in [1.29, 1.82) is 0 Å². The Morgan fingerprint density at radius 1 is 1.25 bits per heavy atom. The fourth-order valence-electron chi connectivity index (χ4n) is 1.93. The summed E-state index contributed by atoms with van der Waals surface area (Å²) in [4.78, 5) is 27.6. The summed E-state index contributed by atoms with van der Waals surface area (Å²) in [7, 11) is 3.30. The molecule has 1 aromatic rings. The largest absolute Gasteiger partial charge is 0.397 e. The van der Waals surface area contributed by atoms with E-state index in [-0.39, 0.29) is 17.2 Å². The Balaban J connectivity index is 3.40. The molecule has 1 aromatic heterocycles. The molecule has 0 aliphatic heterocycles. The maximum atomic E-state index is 12.1. The molecule has 0 spiro atoms. The molecular weight excluding hydrogens is 276 g/mol. The lowest BCUT2D eigenvalue weighted by Gasteiger charge is -2.21. The van der Waals surface area contributed by atoms with Gasteiger partial charge in [0.15, 0.2) is 0 Å². The predicted molar refractivity (Wildman–Crippen MR) is 83.4 cm³/mol. The molecule has 4 N–H and O–H groups in total. The number of nitrogens with zero attached hydrogens (tertiary/aromatic N) is 2. The number of carbonyl (C=O) groups is 2. The number of carbonyl (C=O) groups excluding carboxylic acids is 2. The second-order valence-corrected chi connectivity index (χ2v) is 5.67. The molecule has 0 aliphatic rings. The van der Waals surface area contributed by atoms with Gasteiger partial charge >= 0.3 is 0 Å². The van der Waals surface area contributed by atoms with E-state index in [1.165, 1.54) is 16.2 Å². The molecule has 0 bridgehead atoms. The van der Waals surface area contributed by atoms with Crippen molar-refractivity contribution >= 4 is 33.8 Å². The minimum absolute atomic E-state index is 0.186. The molecule has 0 saturated heterocycles. The molecule has 1 heterocycles. The van der Waals surface area contributed by atoms with E-state index < -0.39 is 5.91 Å². The van der Waals surface area contributed by atoms with Gasteiger partial charge in [-0.15, -0.1) is 11.3 Å². The Morgan fingerprint density at radius 3 is 2.25 bits per heavy atom. The summed E-state index contributed by atoms with van der Waals surface area (Å²) in [6.45, 7) is 5.55. The third-order valence-corrected chi connectivity index (χ3v) is 4.19. The Hall–Kier alpha value is -1.76. The van der Waals surface area contributed by atoms with E-state index in [0.29, 0.717) is 9.88 Å². The summed E-state index contributed by atoms with van der Waals surface area (Å²) in [5.74, 6) is -0.810. The van der Waals surface area contributed by atoms with Crippen molar-refractivity contribution in [1.82, 2.24) is 4.90 Å². The average molecular weight is 298 g/mol. The Labute approximate surface area is 123 Å². The van der Waals surface area contributed by atoms with Gasteiger partial charge in [-0.25, -0.2) is 0 Å². The summed E-state index contributed by atoms with van der Waals surface area (Å²) in [6.07, 6.45) is 0.931. The van der Waals surface area contributed by atoms with Gasteiger partial charge in [0, 0.05) is 27.2 Å². The van der Waals surface area contributed by atoms with Crippen LogP contribution in [0.25, 0.3) is 0 Å². The van der Waals surface area contributed by atoms with Crippen LogP contribution in [-0.2, 0) is 0 Å². The Kier molecular flexibility index (Phi) is 5.38. The first-order valence-electron chi connectivity index (χ1n) is 6.53. The van der Waals surface area contributed by atoms with Crippen LogP contribution < -0.4 is 16.4 Å². The van der Waals surface area contributed by atoms with Crippen LogP contribution in [0.5, 0.6) is 0 Å². The van der Waals surface area contributed by atoms with Crippen molar-refractivity contribution in [2.45, 2.75) is 20.3 Å². The number of primary amides is 1. The molecule has 6 nitrogen and oxygen atoms in total. The van der Waals surface area contributed by atoms with Crippen LogP contribution in [0.1, 0.15) is 40.3 Å². The summed E-state index contributed by atoms with van der Waals surface area (Å²) in [5.41, 5.74) is 11.8. The molecule has 0 unspecified atom stereocenters. The van der Waals surface area contributed by atoms with Gasteiger partial charge in [0.2, 0.25) is 0 Å². The maximum absolute atomic E-state index is 12.1. The van der Waals surface area contributed by atoms with E-state index in [4.69, 9.17) is 11.5 Å². The first-order chi connectivity index (χ1) is 9.34. The molecule has 0 fully saturated rings. The molecule has 0 aromatic carbocycles. The molecular formula is C13H22N4O2S. The molecule has 20 heavy (non-hydrogen) atoms. The zero-order chi connectivity index (χ0) is 15.4. The lowest BCUT2D eigenvalue weighted by molar-refractivity contribution is 0.0833. The standard InChI is InChI=1S/C13H22N4O2S/c1-5-7-17(6-2)13-8(11(15)18)9(14)10(20-13)12(19)16(3)4/h5-7,14H2,1-4H3,(H2,15,18). The molecule has 0 saturated carbocycles. The SMILES string of the molecule is CCCN(CC)c1sc(C(=O)N(C)C)c(N)c1C(N)=O. The number of amides is 2. The fourth-order valence-corrected chi connectivity index (χ4v) is 3.26. The molecule has 112 valence electrons. The number of thiophene rings is 1. The van der Waals surface area contributed by atoms with E-state index in [1.807, 2.05) is 11.8 Å². The molecule has 7 heteroatoms. The van der Waals surface area contributed by atoms with Crippen LogP contribution in [0.2, 0.25) is 0 Å². The van der Waals surface area contributed by atoms with E-state index in [0.717, 1.165) is 19.5 Å². The van der Waals surface area contributed by atoms with Crippen LogP contribution in [0, 0.1) is 0 Å². The lowest BCUT2D eigenvalue weighted by atomic mass is 10.2. The van der Waals surface area contributed by atoms with Gasteiger partial charge in [-0.1, -0.05) is 6.92 Å². The highest BCUT2D eigenvalue weighted by atomic mass is 32.1. The van der Waals surface area contributed by atoms with Crippen molar-refractivity contribution in [2.24, 2.45) is 5.73 Å². The van der Waals surface area contributed by atoms with Gasteiger partial charge in [-0.2, -0.15) is 0 Å². The van der Waals surface area contributed by atoms with Crippen molar-refractivity contribution < 1.29 is 9.59 Å². The van der Waals surface area contributed by atoms with E-state index >= 15 is 0 Å². The Bertz CT molecular complexity index is 511. The van der Waals surface area contributed by atoms with Gasteiger partial charge < -0.3 is 21.3 Å². The highest BCUT2D eigenvalue weighted by Crippen LogP contribution is 2.38. The summed E-state index contributed by atoms with van der Waals surface area (Å²) in [5, 5.41) is 0.685. The second-order valence-electron chi connectivity index (χ2n) is 4.67. The highest BCUT2D eigenvalue weighted by Gasteiger charge is 2.27. The molecule has 0 aliphatic carbocycles. The van der Waals surface area contributed by atoms with Crippen LogP contribution in [0.4, 0.5) is 10.7 Å². The molecule has 0 radical (unpaired) electrons. The van der Waals surface area contributed by atoms with Crippen LogP contribution >= 0.6 is 11.3 Å². The van der Waals surface area contributed by atoms with E-state index in [1.54, 1.807) is 14.1 Å². The number of rotatable bonds is 6. The second kappa shape index (κ2) is 6.60. The van der Waals surface area contributed by atoms with Crippen molar-refractivity contribution in [2.75, 3.05) is 37.8 Å². The quantitative estimate of drug-likeness (QED) is 0.829. The number of nitrogen functional groups attached to an aromatic ring is 1. The smallest absolute Gasteiger partial charge is 0.265 e. The first-order valence-corrected chi connectivity index (χ1v) is 7.35.